The quantitative estimate of drug-likeness (QED) is 0.529. The van der Waals surface area contributed by atoms with Crippen LogP contribution in [0.4, 0.5) is 0 Å². The molecule has 6 heteroatoms. The molecule has 0 saturated heterocycles. The van der Waals surface area contributed by atoms with Gasteiger partial charge in [-0.1, -0.05) is 0 Å². The van der Waals surface area contributed by atoms with Crippen LogP contribution in [-0.2, 0) is 5.88 Å². The van der Waals surface area contributed by atoms with E-state index in [0.717, 1.165) is 32.9 Å². The van der Waals surface area contributed by atoms with Crippen LogP contribution in [-0.4, -0.2) is 19.5 Å². The number of aromatic nitrogens is 4. The molecule has 0 N–H and O–H groups in total. The predicted octanol–water partition coefficient (Wildman–Crippen LogP) is 3.77. The molecule has 0 unspecified atom stereocenters. The molecule has 20 heavy (non-hydrogen) atoms. The summed E-state index contributed by atoms with van der Waals surface area (Å²) in [5.41, 5.74) is 5.54. The number of benzene rings is 1. The molecule has 3 heterocycles. The zero-order valence-corrected chi connectivity index (χ0v) is 11.9. The van der Waals surface area contributed by atoms with Gasteiger partial charge in [0.2, 0.25) is 0 Å². The van der Waals surface area contributed by atoms with Gasteiger partial charge in [-0.15, -0.1) is 22.9 Å². The maximum atomic E-state index is 6.03. The van der Waals surface area contributed by atoms with Crippen LogP contribution in [0.2, 0.25) is 0 Å². The molecular weight excluding hydrogens is 292 g/mol. The normalized spacial score (nSPS) is 11.4. The van der Waals surface area contributed by atoms with Crippen molar-refractivity contribution in [3.05, 3.63) is 47.9 Å². The van der Waals surface area contributed by atoms with E-state index >= 15 is 0 Å². The third-order valence-electron chi connectivity index (χ3n) is 3.18. The maximum Gasteiger partial charge on any atom is 0.164 e. The molecule has 0 saturated carbocycles. The molecule has 98 valence electrons. The zero-order valence-electron chi connectivity index (χ0n) is 10.3. The molecule has 1 aromatic carbocycles. The Hall–Kier alpha value is -1.98. The lowest BCUT2D eigenvalue weighted by Crippen LogP contribution is -1.99. The predicted molar refractivity (Wildman–Crippen MR) is 81.6 cm³/mol. The molecule has 0 fully saturated rings. The molecule has 4 rings (SSSR count). The number of thiazole rings is 1. The highest BCUT2D eigenvalue weighted by molar-refractivity contribution is 7.16. The van der Waals surface area contributed by atoms with E-state index < -0.39 is 0 Å². The fourth-order valence-corrected chi connectivity index (χ4v) is 3.19. The van der Waals surface area contributed by atoms with Gasteiger partial charge in [-0.05, 0) is 30.3 Å². The van der Waals surface area contributed by atoms with E-state index in [-0.39, 0.29) is 0 Å². The molecule has 0 aliphatic rings. The molecule has 0 aliphatic heterocycles. The van der Waals surface area contributed by atoms with Crippen molar-refractivity contribution in [3.8, 4) is 5.69 Å². The third kappa shape index (κ3) is 1.71. The lowest BCUT2D eigenvalue weighted by molar-refractivity contribution is 0.971. The average molecular weight is 301 g/mol. The summed E-state index contributed by atoms with van der Waals surface area (Å²) in [4.78, 5) is 13.3. The second-order valence-electron chi connectivity index (χ2n) is 4.35. The van der Waals surface area contributed by atoms with Crippen molar-refractivity contribution in [2.75, 3.05) is 0 Å². The maximum absolute atomic E-state index is 6.03. The molecule has 0 spiro atoms. The van der Waals surface area contributed by atoms with Gasteiger partial charge in [0.25, 0.3) is 0 Å². The van der Waals surface area contributed by atoms with Gasteiger partial charge in [0.1, 0.15) is 11.3 Å². The third-order valence-corrected chi connectivity index (χ3v) is 4.21. The van der Waals surface area contributed by atoms with Crippen molar-refractivity contribution in [1.29, 1.82) is 0 Å². The molecule has 0 radical (unpaired) electrons. The van der Waals surface area contributed by atoms with E-state index in [4.69, 9.17) is 11.6 Å². The largest absolute Gasteiger partial charge is 0.280 e. The van der Waals surface area contributed by atoms with Crippen LogP contribution in [0.5, 0.6) is 0 Å². The Kier molecular flexibility index (Phi) is 2.68. The van der Waals surface area contributed by atoms with Crippen LogP contribution in [0.25, 0.3) is 27.1 Å². The number of halogens is 1. The van der Waals surface area contributed by atoms with Gasteiger partial charge in [-0.2, -0.15) is 0 Å². The van der Waals surface area contributed by atoms with Gasteiger partial charge in [0.05, 0.1) is 27.3 Å². The summed E-state index contributed by atoms with van der Waals surface area (Å²) in [5, 5.41) is 0. The van der Waals surface area contributed by atoms with Crippen LogP contribution < -0.4 is 0 Å². The number of alkyl halides is 1. The number of hydrogen-bond acceptors (Lipinski definition) is 4. The number of pyridine rings is 1. The van der Waals surface area contributed by atoms with Crippen LogP contribution in [0, 0.1) is 0 Å². The molecule has 3 aromatic heterocycles. The first kappa shape index (κ1) is 11.8. The Balaban J connectivity index is 2.04. The van der Waals surface area contributed by atoms with Gasteiger partial charge >= 0.3 is 0 Å². The minimum atomic E-state index is 0.344. The molecule has 0 amide bonds. The second-order valence-corrected chi connectivity index (χ2v) is 5.50. The first-order valence-electron chi connectivity index (χ1n) is 6.09. The highest BCUT2D eigenvalue weighted by atomic mass is 35.5. The smallest absolute Gasteiger partial charge is 0.164 e. The molecule has 0 bridgehead atoms. The van der Waals surface area contributed by atoms with E-state index in [1.165, 1.54) is 0 Å². The highest BCUT2D eigenvalue weighted by Crippen LogP contribution is 2.25. The molecule has 4 nitrogen and oxygen atoms in total. The monoisotopic (exact) mass is 300 g/mol. The number of rotatable bonds is 2. The van der Waals surface area contributed by atoms with Crippen LogP contribution in [0.3, 0.4) is 0 Å². The average Bonchev–Trinajstić information content (AvgIpc) is 3.09. The summed E-state index contributed by atoms with van der Waals surface area (Å²) in [6.45, 7) is 0. The number of hydrogen-bond donors (Lipinski definition) is 0. The molecular formula is C14H9ClN4S. The molecule has 4 aromatic rings. The Morgan fingerprint density at radius 2 is 2.10 bits per heavy atom. The fraction of sp³-hybridized carbons (Fsp3) is 0.0714. The first-order valence-corrected chi connectivity index (χ1v) is 7.50. The van der Waals surface area contributed by atoms with E-state index in [1.54, 1.807) is 17.5 Å². The summed E-state index contributed by atoms with van der Waals surface area (Å²) < 4.78 is 3.14. The Labute approximate surface area is 123 Å². The van der Waals surface area contributed by atoms with E-state index in [0.29, 0.717) is 5.88 Å². The summed E-state index contributed by atoms with van der Waals surface area (Å²) in [7, 11) is 0. The van der Waals surface area contributed by atoms with Gasteiger partial charge in [-0.3, -0.25) is 4.57 Å². The number of nitrogens with zero attached hydrogens (tertiary/aromatic N) is 4. The Morgan fingerprint density at radius 1 is 1.15 bits per heavy atom. The SMILES string of the molecule is ClCc1nc2cccnc2n1-c1ccc2ncsc2c1. The van der Waals surface area contributed by atoms with Gasteiger partial charge in [0.15, 0.2) is 5.65 Å². The van der Waals surface area contributed by atoms with Crippen LogP contribution >= 0.6 is 22.9 Å². The van der Waals surface area contributed by atoms with Crippen molar-refractivity contribution in [3.63, 3.8) is 0 Å². The van der Waals surface area contributed by atoms with Crippen molar-refractivity contribution in [1.82, 2.24) is 19.5 Å². The fourth-order valence-electron chi connectivity index (χ4n) is 2.30. The van der Waals surface area contributed by atoms with Gasteiger partial charge in [-0.25, -0.2) is 15.0 Å². The topological polar surface area (TPSA) is 43.6 Å². The van der Waals surface area contributed by atoms with Gasteiger partial charge < -0.3 is 0 Å². The summed E-state index contributed by atoms with van der Waals surface area (Å²) in [5.74, 6) is 1.14. The minimum absolute atomic E-state index is 0.344. The van der Waals surface area contributed by atoms with Crippen LogP contribution in [0.1, 0.15) is 5.82 Å². The van der Waals surface area contributed by atoms with E-state index in [1.807, 2.05) is 34.3 Å². The summed E-state index contributed by atoms with van der Waals surface area (Å²) in [6.07, 6.45) is 1.77. The van der Waals surface area contributed by atoms with Crippen molar-refractivity contribution >= 4 is 44.3 Å². The summed E-state index contributed by atoms with van der Waals surface area (Å²) in [6, 6.07) is 9.95. The van der Waals surface area contributed by atoms with Crippen molar-refractivity contribution in [2.24, 2.45) is 0 Å². The summed E-state index contributed by atoms with van der Waals surface area (Å²) >= 11 is 7.65. The lowest BCUT2D eigenvalue weighted by atomic mass is 10.3. The Morgan fingerprint density at radius 3 is 3.00 bits per heavy atom. The van der Waals surface area contributed by atoms with Crippen LogP contribution in [0.15, 0.2) is 42.0 Å². The van der Waals surface area contributed by atoms with Crippen molar-refractivity contribution < 1.29 is 0 Å². The molecule has 0 aliphatic carbocycles. The number of fused-ring (bicyclic) bond motifs is 2. The number of imidazole rings is 1. The zero-order chi connectivity index (χ0) is 13.5. The van der Waals surface area contributed by atoms with Crippen molar-refractivity contribution in [2.45, 2.75) is 5.88 Å². The standard InChI is InChI=1S/C14H9ClN4S/c15-7-13-18-11-2-1-5-16-14(11)19(13)9-3-4-10-12(6-9)20-8-17-10/h1-6,8H,7H2. The minimum Gasteiger partial charge on any atom is -0.280 e. The van der Waals surface area contributed by atoms with E-state index in [2.05, 4.69) is 21.0 Å². The Bertz CT molecular complexity index is 912. The lowest BCUT2D eigenvalue weighted by Gasteiger charge is -2.06. The molecule has 0 atom stereocenters. The first-order chi connectivity index (χ1) is 9.86. The van der Waals surface area contributed by atoms with Gasteiger partial charge in [0, 0.05) is 6.20 Å². The van der Waals surface area contributed by atoms with E-state index in [9.17, 15) is 0 Å². The second kappa shape index (κ2) is 4.54. The highest BCUT2D eigenvalue weighted by Gasteiger charge is 2.13.